The number of para-hydroxylation sites is 1. The largest absolute Gasteiger partial charge is 0.344 e. The number of nitrogens with one attached hydrogen (secondary N) is 1. The number of halogens is 1. The van der Waals surface area contributed by atoms with Gasteiger partial charge in [0.1, 0.15) is 0 Å². The molecule has 0 saturated heterocycles. The molecule has 0 aliphatic rings. The lowest BCUT2D eigenvalue weighted by molar-refractivity contribution is 0.589. The molecule has 0 bridgehead atoms. The fraction of sp³-hybridized carbons (Fsp3) is 0.294. The minimum atomic E-state index is 0.480. The first-order chi connectivity index (χ1) is 9.58. The van der Waals surface area contributed by atoms with Gasteiger partial charge in [0.15, 0.2) is 0 Å². The van der Waals surface area contributed by atoms with Gasteiger partial charge in [-0.25, -0.2) is 0 Å². The minimum absolute atomic E-state index is 0.480. The molecule has 0 fully saturated rings. The smallest absolute Gasteiger partial charge is 0.0465 e. The standard InChI is InChI=1S/C17H21BrN2/c1-13(2)19-12-14-9-10-15(18)11-17(14)20(3)16-7-5-4-6-8-16/h4-11,13,19H,12H2,1-3H3. The molecular weight excluding hydrogens is 312 g/mol. The van der Waals surface area contributed by atoms with Crippen molar-refractivity contribution < 1.29 is 0 Å². The van der Waals surface area contributed by atoms with Crippen LogP contribution in [0.5, 0.6) is 0 Å². The van der Waals surface area contributed by atoms with Crippen LogP contribution in [0.25, 0.3) is 0 Å². The summed E-state index contributed by atoms with van der Waals surface area (Å²) in [6.45, 7) is 5.20. The van der Waals surface area contributed by atoms with E-state index in [1.807, 2.05) is 6.07 Å². The summed E-state index contributed by atoms with van der Waals surface area (Å²) in [5.74, 6) is 0. The normalized spacial score (nSPS) is 10.8. The molecule has 0 spiro atoms. The van der Waals surface area contributed by atoms with Gasteiger partial charge in [-0.15, -0.1) is 0 Å². The Labute approximate surface area is 129 Å². The second-order valence-corrected chi connectivity index (χ2v) is 6.12. The Balaban J connectivity index is 2.31. The average molecular weight is 333 g/mol. The quantitative estimate of drug-likeness (QED) is 0.852. The van der Waals surface area contributed by atoms with Gasteiger partial charge in [0.05, 0.1) is 0 Å². The molecular formula is C17H21BrN2. The predicted molar refractivity (Wildman–Crippen MR) is 90.6 cm³/mol. The first kappa shape index (κ1) is 15.1. The molecule has 0 aliphatic carbocycles. The Bertz CT molecular complexity index is 552. The van der Waals surface area contributed by atoms with E-state index >= 15 is 0 Å². The SMILES string of the molecule is CC(C)NCc1ccc(Br)cc1N(C)c1ccccc1. The molecule has 0 aliphatic heterocycles. The van der Waals surface area contributed by atoms with E-state index in [0.717, 1.165) is 11.0 Å². The summed E-state index contributed by atoms with van der Waals surface area (Å²) in [6, 6.07) is 17.3. The highest BCUT2D eigenvalue weighted by Gasteiger charge is 2.10. The van der Waals surface area contributed by atoms with E-state index in [1.165, 1.54) is 16.9 Å². The van der Waals surface area contributed by atoms with E-state index in [1.54, 1.807) is 0 Å². The van der Waals surface area contributed by atoms with Gasteiger partial charge in [0.25, 0.3) is 0 Å². The Morgan fingerprint density at radius 1 is 1.10 bits per heavy atom. The molecule has 0 amide bonds. The molecule has 2 nitrogen and oxygen atoms in total. The maximum Gasteiger partial charge on any atom is 0.0465 e. The fourth-order valence-corrected chi connectivity index (χ4v) is 2.45. The summed E-state index contributed by atoms with van der Waals surface area (Å²) in [5.41, 5.74) is 3.71. The third kappa shape index (κ3) is 3.84. The maximum atomic E-state index is 3.57. The van der Waals surface area contributed by atoms with Gasteiger partial charge in [0.2, 0.25) is 0 Å². The van der Waals surface area contributed by atoms with Crippen LogP contribution in [0.15, 0.2) is 53.0 Å². The molecule has 1 N–H and O–H groups in total. The van der Waals surface area contributed by atoms with E-state index in [-0.39, 0.29) is 0 Å². The Morgan fingerprint density at radius 2 is 1.80 bits per heavy atom. The van der Waals surface area contributed by atoms with Crippen LogP contribution in [0, 0.1) is 0 Å². The molecule has 20 heavy (non-hydrogen) atoms. The van der Waals surface area contributed by atoms with E-state index in [0.29, 0.717) is 6.04 Å². The van der Waals surface area contributed by atoms with Gasteiger partial charge in [-0.05, 0) is 29.8 Å². The molecule has 0 atom stereocenters. The van der Waals surface area contributed by atoms with Crippen molar-refractivity contribution in [3.63, 3.8) is 0 Å². The first-order valence-electron chi connectivity index (χ1n) is 6.88. The number of anilines is 2. The third-order valence-electron chi connectivity index (χ3n) is 3.25. The molecule has 0 aromatic heterocycles. The van der Waals surface area contributed by atoms with Crippen LogP contribution >= 0.6 is 15.9 Å². The monoisotopic (exact) mass is 332 g/mol. The number of hydrogen-bond acceptors (Lipinski definition) is 2. The number of hydrogen-bond donors (Lipinski definition) is 1. The summed E-state index contributed by atoms with van der Waals surface area (Å²) in [6.07, 6.45) is 0. The third-order valence-corrected chi connectivity index (χ3v) is 3.75. The summed E-state index contributed by atoms with van der Waals surface area (Å²) >= 11 is 3.57. The fourth-order valence-electron chi connectivity index (χ4n) is 2.10. The lowest BCUT2D eigenvalue weighted by Gasteiger charge is -2.23. The van der Waals surface area contributed by atoms with Crippen LogP contribution in [-0.4, -0.2) is 13.1 Å². The van der Waals surface area contributed by atoms with Gasteiger partial charge >= 0.3 is 0 Å². The highest BCUT2D eigenvalue weighted by molar-refractivity contribution is 9.10. The summed E-state index contributed by atoms with van der Waals surface area (Å²) in [7, 11) is 2.11. The first-order valence-corrected chi connectivity index (χ1v) is 7.68. The van der Waals surface area contributed by atoms with Crippen molar-refractivity contribution in [1.29, 1.82) is 0 Å². The highest BCUT2D eigenvalue weighted by Crippen LogP contribution is 2.29. The van der Waals surface area contributed by atoms with Crippen molar-refractivity contribution >= 4 is 27.3 Å². The Morgan fingerprint density at radius 3 is 2.45 bits per heavy atom. The van der Waals surface area contributed by atoms with Gasteiger partial charge < -0.3 is 10.2 Å². The van der Waals surface area contributed by atoms with Gasteiger partial charge in [-0.1, -0.05) is 54.0 Å². The number of rotatable bonds is 5. The van der Waals surface area contributed by atoms with E-state index < -0.39 is 0 Å². The molecule has 0 unspecified atom stereocenters. The predicted octanol–water partition coefficient (Wildman–Crippen LogP) is 4.72. The summed E-state index contributed by atoms with van der Waals surface area (Å²) in [4.78, 5) is 2.22. The van der Waals surface area contributed by atoms with Crippen LogP contribution in [-0.2, 0) is 6.54 Å². The zero-order valence-corrected chi connectivity index (χ0v) is 13.8. The molecule has 2 aromatic rings. The number of nitrogens with zero attached hydrogens (tertiary/aromatic N) is 1. The van der Waals surface area contributed by atoms with Gasteiger partial charge in [-0.2, -0.15) is 0 Å². The van der Waals surface area contributed by atoms with E-state index in [4.69, 9.17) is 0 Å². The zero-order chi connectivity index (χ0) is 14.5. The Kier molecular flexibility index (Phi) is 5.21. The lowest BCUT2D eigenvalue weighted by atomic mass is 10.1. The van der Waals surface area contributed by atoms with Gasteiger partial charge in [0, 0.05) is 35.5 Å². The minimum Gasteiger partial charge on any atom is -0.344 e. The molecule has 0 heterocycles. The van der Waals surface area contributed by atoms with Gasteiger partial charge in [-0.3, -0.25) is 0 Å². The van der Waals surface area contributed by atoms with Crippen molar-refractivity contribution in [2.24, 2.45) is 0 Å². The molecule has 106 valence electrons. The molecule has 0 saturated carbocycles. The highest BCUT2D eigenvalue weighted by atomic mass is 79.9. The van der Waals surface area contributed by atoms with Crippen molar-refractivity contribution in [1.82, 2.24) is 5.32 Å². The van der Waals surface area contributed by atoms with E-state index in [9.17, 15) is 0 Å². The van der Waals surface area contributed by atoms with Crippen LogP contribution < -0.4 is 10.2 Å². The van der Waals surface area contributed by atoms with E-state index in [2.05, 4.69) is 89.5 Å². The maximum absolute atomic E-state index is 3.57. The Hall–Kier alpha value is -1.32. The van der Waals surface area contributed by atoms with Crippen LogP contribution in [0.3, 0.4) is 0 Å². The molecule has 0 radical (unpaired) electrons. The summed E-state index contributed by atoms with van der Waals surface area (Å²) < 4.78 is 1.10. The van der Waals surface area contributed by atoms with Crippen LogP contribution in [0.1, 0.15) is 19.4 Å². The van der Waals surface area contributed by atoms with Crippen molar-refractivity contribution in [3.8, 4) is 0 Å². The lowest BCUT2D eigenvalue weighted by Crippen LogP contribution is -2.23. The van der Waals surface area contributed by atoms with Crippen molar-refractivity contribution in [2.45, 2.75) is 26.4 Å². The zero-order valence-electron chi connectivity index (χ0n) is 12.2. The van der Waals surface area contributed by atoms with Crippen molar-refractivity contribution in [3.05, 3.63) is 58.6 Å². The summed E-state index contributed by atoms with van der Waals surface area (Å²) in [5, 5.41) is 3.49. The second-order valence-electron chi connectivity index (χ2n) is 5.20. The van der Waals surface area contributed by atoms with Crippen molar-refractivity contribution in [2.75, 3.05) is 11.9 Å². The number of benzene rings is 2. The molecule has 2 aromatic carbocycles. The van der Waals surface area contributed by atoms with Crippen LogP contribution in [0.2, 0.25) is 0 Å². The molecule has 3 heteroatoms. The topological polar surface area (TPSA) is 15.3 Å². The second kappa shape index (κ2) is 6.91. The molecule has 2 rings (SSSR count). The van der Waals surface area contributed by atoms with Crippen LogP contribution in [0.4, 0.5) is 11.4 Å². The average Bonchev–Trinajstić information content (AvgIpc) is 2.46.